The number of aryl methyl sites for hydroxylation is 1. The quantitative estimate of drug-likeness (QED) is 0.414. The van der Waals surface area contributed by atoms with Crippen LogP contribution >= 0.6 is 11.6 Å². The van der Waals surface area contributed by atoms with E-state index in [-0.39, 0.29) is 18.2 Å². The molecule has 7 nitrogen and oxygen atoms in total. The number of carbonyl (C=O) groups is 1. The Morgan fingerprint density at radius 1 is 1.31 bits per heavy atom. The molecule has 0 fully saturated rings. The van der Waals surface area contributed by atoms with Crippen molar-refractivity contribution in [3.63, 3.8) is 0 Å². The average Bonchev–Trinajstić information content (AvgIpc) is 3.04. The van der Waals surface area contributed by atoms with Gasteiger partial charge in [0, 0.05) is 25.0 Å². The van der Waals surface area contributed by atoms with Crippen LogP contribution in [-0.4, -0.2) is 37.9 Å². The second-order valence-electron chi connectivity index (χ2n) is 7.40. The first kappa shape index (κ1) is 25.3. The highest BCUT2D eigenvalue weighted by atomic mass is 35.5. The van der Waals surface area contributed by atoms with E-state index < -0.39 is 5.91 Å². The molecule has 0 bridgehead atoms. The van der Waals surface area contributed by atoms with Gasteiger partial charge in [-0.05, 0) is 63.1 Å². The lowest BCUT2D eigenvalue weighted by Crippen LogP contribution is -2.24. The molecule has 1 heterocycles. The number of carbonyl (C=O) groups excluding carboxylic acids is 1. The molecule has 2 rings (SSSR count). The van der Waals surface area contributed by atoms with Crippen molar-refractivity contribution in [1.29, 1.82) is 5.26 Å². The molecule has 172 valence electrons. The van der Waals surface area contributed by atoms with Crippen molar-refractivity contribution in [2.45, 2.75) is 40.3 Å². The number of halogens is 1. The van der Waals surface area contributed by atoms with Crippen molar-refractivity contribution in [1.82, 2.24) is 9.88 Å². The maximum atomic E-state index is 12.7. The normalized spacial score (nSPS) is 12.2. The van der Waals surface area contributed by atoms with Crippen molar-refractivity contribution in [2.75, 3.05) is 27.4 Å². The molecule has 1 unspecified atom stereocenters. The molecule has 0 saturated heterocycles. The topological polar surface area (TPSA) is 85.5 Å². The van der Waals surface area contributed by atoms with Crippen LogP contribution in [0.3, 0.4) is 0 Å². The van der Waals surface area contributed by atoms with Crippen LogP contribution in [0.25, 0.3) is 6.08 Å². The fourth-order valence-electron chi connectivity index (χ4n) is 3.68. The Labute approximate surface area is 194 Å². The number of nitrogens with zero attached hydrogens (tertiary/aromatic N) is 2. The molecule has 1 aromatic carbocycles. The first-order valence-electron chi connectivity index (χ1n) is 10.3. The second kappa shape index (κ2) is 11.6. The first-order valence-corrected chi connectivity index (χ1v) is 10.7. The Balaban J connectivity index is 2.21. The lowest BCUT2D eigenvalue weighted by atomic mass is 10.1. The Morgan fingerprint density at radius 3 is 2.62 bits per heavy atom. The number of hydrogen-bond donors (Lipinski definition) is 1. The summed E-state index contributed by atoms with van der Waals surface area (Å²) in [6, 6.07) is 7.55. The summed E-state index contributed by atoms with van der Waals surface area (Å²) in [4.78, 5) is 12.7. The van der Waals surface area contributed by atoms with Crippen LogP contribution in [-0.2, 0) is 16.1 Å². The van der Waals surface area contributed by atoms with Crippen LogP contribution in [0.5, 0.6) is 11.5 Å². The molecule has 8 heteroatoms. The van der Waals surface area contributed by atoms with E-state index in [9.17, 15) is 10.1 Å². The molecule has 0 saturated carbocycles. The number of rotatable bonds is 10. The summed E-state index contributed by atoms with van der Waals surface area (Å²) < 4.78 is 18.2. The lowest BCUT2D eigenvalue weighted by molar-refractivity contribution is -0.117. The smallest absolute Gasteiger partial charge is 0.262 e. The summed E-state index contributed by atoms with van der Waals surface area (Å²) in [5, 5.41) is 12.7. The zero-order valence-electron chi connectivity index (χ0n) is 19.4. The summed E-state index contributed by atoms with van der Waals surface area (Å²) in [6.45, 7) is 9.08. The van der Waals surface area contributed by atoms with Gasteiger partial charge >= 0.3 is 0 Å². The van der Waals surface area contributed by atoms with Crippen molar-refractivity contribution in [2.24, 2.45) is 0 Å². The van der Waals surface area contributed by atoms with Crippen molar-refractivity contribution in [3.8, 4) is 17.6 Å². The number of aromatic nitrogens is 1. The highest BCUT2D eigenvalue weighted by Gasteiger charge is 2.17. The molecule has 32 heavy (non-hydrogen) atoms. The number of benzene rings is 1. The van der Waals surface area contributed by atoms with Gasteiger partial charge in [0.25, 0.3) is 5.91 Å². The first-order chi connectivity index (χ1) is 15.3. The highest BCUT2D eigenvalue weighted by Crippen LogP contribution is 2.36. The van der Waals surface area contributed by atoms with E-state index in [4.69, 9.17) is 25.8 Å². The standard InChI is InChI=1S/C24H30ClN3O4/c1-7-32-23-21(25)9-18(10-22(23)31-6)13-27-24(29)20(12-26)11-19-8-15(2)28(17(19)4)16(3)14-30-5/h8-11,16H,7,13-14H2,1-6H3,(H,27,29)/b20-11+. The minimum atomic E-state index is -0.466. The number of nitrogens with one attached hydrogen (secondary N) is 1. The van der Waals surface area contributed by atoms with Gasteiger partial charge in [0.15, 0.2) is 11.5 Å². The summed E-state index contributed by atoms with van der Waals surface area (Å²) in [6.07, 6.45) is 1.61. The van der Waals surface area contributed by atoms with Crippen LogP contribution in [0, 0.1) is 25.2 Å². The number of amides is 1. The van der Waals surface area contributed by atoms with Gasteiger partial charge in [-0.2, -0.15) is 5.26 Å². The summed E-state index contributed by atoms with van der Waals surface area (Å²) in [5.41, 5.74) is 3.58. The maximum absolute atomic E-state index is 12.7. The van der Waals surface area contributed by atoms with Crippen LogP contribution in [0.1, 0.15) is 42.4 Å². The molecule has 0 spiro atoms. The largest absolute Gasteiger partial charge is 0.493 e. The molecule has 0 radical (unpaired) electrons. The summed E-state index contributed by atoms with van der Waals surface area (Å²) >= 11 is 6.29. The van der Waals surface area contributed by atoms with E-state index >= 15 is 0 Å². The Morgan fingerprint density at radius 2 is 2.03 bits per heavy atom. The zero-order chi connectivity index (χ0) is 23.8. The van der Waals surface area contributed by atoms with Crippen LogP contribution in [0.4, 0.5) is 0 Å². The van der Waals surface area contributed by atoms with Gasteiger partial charge in [-0.15, -0.1) is 0 Å². The third-order valence-corrected chi connectivity index (χ3v) is 5.35. The Kier molecular flexibility index (Phi) is 9.18. The molecule has 1 atom stereocenters. The summed E-state index contributed by atoms with van der Waals surface area (Å²) in [7, 11) is 3.19. The molecular weight excluding hydrogens is 430 g/mol. The monoisotopic (exact) mass is 459 g/mol. The SMILES string of the molecule is CCOc1c(Cl)cc(CNC(=O)/C(C#N)=C/c2cc(C)n(C(C)COC)c2C)cc1OC. The van der Waals surface area contributed by atoms with E-state index in [2.05, 4.69) is 16.8 Å². The van der Waals surface area contributed by atoms with Gasteiger partial charge < -0.3 is 24.1 Å². The number of nitriles is 1. The molecule has 1 amide bonds. The highest BCUT2D eigenvalue weighted by molar-refractivity contribution is 6.32. The van der Waals surface area contributed by atoms with E-state index in [0.29, 0.717) is 29.7 Å². The number of ether oxygens (including phenoxy) is 3. The second-order valence-corrected chi connectivity index (χ2v) is 7.80. The van der Waals surface area contributed by atoms with E-state index in [1.807, 2.05) is 32.9 Å². The molecule has 0 aliphatic rings. The molecular formula is C24H30ClN3O4. The number of hydrogen-bond acceptors (Lipinski definition) is 5. The predicted octanol–water partition coefficient (Wildman–Crippen LogP) is 4.60. The third kappa shape index (κ3) is 5.84. The minimum Gasteiger partial charge on any atom is -0.493 e. The molecule has 1 aromatic heterocycles. The van der Waals surface area contributed by atoms with Crippen molar-refractivity contribution < 1.29 is 19.0 Å². The van der Waals surface area contributed by atoms with Gasteiger partial charge in [-0.25, -0.2) is 0 Å². The van der Waals surface area contributed by atoms with Gasteiger partial charge in [0.05, 0.1) is 31.4 Å². The van der Waals surface area contributed by atoms with Gasteiger partial charge in [0.2, 0.25) is 0 Å². The van der Waals surface area contributed by atoms with Gasteiger partial charge in [0.1, 0.15) is 11.6 Å². The van der Waals surface area contributed by atoms with Crippen molar-refractivity contribution in [3.05, 3.63) is 51.3 Å². The third-order valence-electron chi connectivity index (χ3n) is 5.07. The van der Waals surface area contributed by atoms with E-state index in [1.54, 1.807) is 25.3 Å². The van der Waals surface area contributed by atoms with Crippen LogP contribution < -0.4 is 14.8 Å². The maximum Gasteiger partial charge on any atom is 0.262 e. The average molecular weight is 460 g/mol. The number of methoxy groups -OCH3 is 2. The van der Waals surface area contributed by atoms with Gasteiger partial charge in [-0.1, -0.05) is 11.6 Å². The molecule has 0 aliphatic heterocycles. The van der Waals surface area contributed by atoms with Gasteiger partial charge in [-0.3, -0.25) is 4.79 Å². The summed E-state index contributed by atoms with van der Waals surface area (Å²) in [5.74, 6) is 0.478. The van der Waals surface area contributed by atoms with Crippen LogP contribution in [0.15, 0.2) is 23.8 Å². The van der Waals surface area contributed by atoms with Crippen molar-refractivity contribution >= 4 is 23.6 Å². The Hall–Kier alpha value is -2.95. The minimum absolute atomic E-state index is 0.0219. The van der Waals surface area contributed by atoms with Crippen LogP contribution in [0.2, 0.25) is 5.02 Å². The van der Waals surface area contributed by atoms with E-state index in [1.165, 1.54) is 7.11 Å². The Bertz CT molecular complexity index is 1040. The molecule has 1 N–H and O–H groups in total. The fourth-order valence-corrected chi connectivity index (χ4v) is 3.97. The molecule has 2 aromatic rings. The fraction of sp³-hybridized carbons (Fsp3) is 0.417. The predicted molar refractivity (Wildman–Crippen MR) is 125 cm³/mol. The lowest BCUT2D eigenvalue weighted by Gasteiger charge is -2.17. The molecule has 0 aliphatic carbocycles. The zero-order valence-corrected chi connectivity index (χ0v) is 20.2. The van der Waals surface area contributed by atoms with E-state index in [0.717, 1.165) is 22.5 Å².